The zero-order valence-electron chi connectivity index (χ0n) is 17.9. The molecule has 3 rings (SSSR count). The molecule has 0 spiro atoms. The van der Waals surface area contributed by atoms with Crippen LogP contribution in [0.25, 0.3) is 11.1 Å². The van der Waals surface area contributed by atoms with E-state index in [1.54, 1.807) is 7.11 Å². The highest BCUT2D eigenvalue weighted by atomic mass is 16.5. The van der Waals surface area contributed by atoms with Gasteiger partial charge in [0.1, 0.15) is 0 Å². The second-order valence-electron chi connectivity index (χ2n) is 7.75. The standard InChI is InChI=1S/C23H28N2O.C2H6/c1-23(10-13-24)11-14-25(15-12-23)17-19-6-8-21(9-7-19)22-5-3-4-20(16-22)18-26-2;1-2/h3-9,16H,10-12,14-15,17-18H2,1-2H3;1-2H3. The number of methoxy groups -OCH3 is 1. The van der Waals surface area contributed by atoms with Crippen molar-refractivity contribution in [2.24, 2.45) is 5.41 Å². The molecular weight excluding hydrogens is 344 g/mol. The van der Waals surface area contributed by atoms with Gasteiger partial charge in [-0.15, -0.1) is 0 Å². The smallest absolute Gasteiger partial charge is 0.0713 e. The van der Waals surface area contributed by atoms with E-state index in [0.29, 0.717) is 13.0 Å². The van der Waals surface area contributed by atoms with Gasteiger partial charge in [0.15, 0.2) is 0 Å². The van der Waals surface area contributed by atoms with E-state index in [1.807, 2.05) is 13.8 Å². The zero-order valence-corrected chi connectivity index (χ0v) is 17.9. The molecule has 0 aromatic heterocycles. The summed E-state index contributed by atoms with van der Waals surface area (Å²) in [6.45, 7) is 10.1. The van der Waals surface area contributed by atoms with E-state index in [0.717, 1.165) is 32.5 Å². The van der Waals surface area contributed by atoms with Crippen LogP contribution >= 0.6 is 0 Å². The van der Waals surface area contributed by atoms with E-state index in [-0.39, 0.29) is 5.41 Å². The fraction of sp³-hybridized carbons (Fsp3) is 0.480. The van der Waals surface area contributed by atoms with Crippen LogP contribution in [0, 0.1) is 16.7 Å². The molecule has 1 fully saturated rings. The van der Waals surface area contributed by atoms with Crippen molar-refractivity contribution in [1.82, 2.24) is 4.90 Å². The van der Waals surface area contributed by atoms with Crippen molar-refractivity contribution in [3.8, 4) is 17.2 Å². The highest BCUT2D eigenvalue weighted by molar-refractivity contribution is 5.64. The van der Waals surface area contributed by atoms with Crippen LogP contribution in [0.5, 0.6) is 0 Å². The second kappa shape index (κ2) is 11.0. The van der Waals surface area contributed by atoms with Gasteiger partial charge in [0.2, 0.25) is 0 Å². The molecule has 3 heteroatoms. The van der Waals surface area contributed by atoms with E-state index >= 15 is 0 Å². The Bertz CT molecular complexity index is 753. The van der Waals surface area contributed by atoms with Gasteiger partial charge in [0.25, 0.3) is 0 Å². The Hall–Kier alpha value is -2.15. The first-order chi connectivity index (χ1) is 13.6. The molecule has 1 aliphatic heterocycles. The fourth-order valence-electron chi connectivity index (χ4n) is 3.69. The number of nitrogens with zero attached hydrogens (tertiary/aromatic N) is 2. The molecule has 0 saturated carbocycles. The largest absolute Gasteiger partial charge is 0.380 e. The summed E-state index contributed by atoms with van der Waals surface area (Å²) in [7, 11) is 1.73. The summed E-state index contributed by atoms with van der Waals surface area (Å²) in [4.78, 5) is 2.51. The SMILES string of the molecule is CC.COCc1cccc(-c2ccc(CN3CCC(C)(CC#N)CC3)cc2)c1. The number of likely N-dealkylation sites (tertiary alicyclic amines) is 1. The molecule has 3 nitrogen and oxygen atoms in total. The quantitative estimate of drug-likeness (QED) is 0.614. The highest BCUT2D eigenvalue weighted by Crippen LogP contribution is 2.34. The summed E-state index contributed by atoms with van der Waals surface area (Å²) in [6, 6.07) is 19.8. The Morgan fingerprint density at radius 1 is 1.00 bits per heavy atom. The van der Waals surface area contributed by atoms with E-state index in [9.17, 15) is 0 Å². The molecule has 0 unspecified atom stereocenters. The van der Waals surface area contributed by atoms with Crippen molar-refractivity contribution in [1.29, 1.82) is 5.26 Å². The summed E-state index contributed by atoms with van der Waals surface area (Å²) in [6.07, 6.45) is 2.91. The van der Waals surface area contributed by atoms with Crippen molar-refractivity contribution in [3.05, 3.63) is 59.7 Å². The number of piperidine rings is 1. The lowest BCUT2D eigenvalue weighted by Crippen LogP contribution is -2.38. The van der Waals surface area contributed by atoms with Gasteiger partial charge in [0, 0.05) is 20.1 Å². The average molecular weight is 379 g/mol. The van der Waals surface area contributed by atoms with E-state index in [4.69, 9.17) is 10.00 Å². The third-order valence-corrected chi connectivity index (χ3v) is 5.50. The second-order valence-corrected chi connectivity index (χ2v) is 7.75. The molecule has 0 aliphatic carbocycles. The van der Waals surface area contributed by atoms with Crippen LogP contribution in [0.15, 0.2) is 48.5 Å². The monoisotopic (exact) mass is 378 g/mol. The fourth-order valence-corrected chi connectivity index (χ4v) is 3.69. The molecule has 150 valence electrons. The van der Waals surface area contributed by atoms with Gasteiger partial charge in [-0.05, 0) is 59.7 Å². The molecule has 1 saturated heterocycles. The first kappa shape index (κ1) is 22.1. The first-order valence-electron chi connectivity index (χ1n) is 10.4. The number of hydrogen-bond acceptors (Lipinski definition) is 3. The Morgan fingerprint density at radius 3 is 2.29 bits per heavy atom. The van der Waals surface area contributed by atoms with Gasteiger partial charge < -0.3 is 4.74 Å². The summed E-state index contributed by atoms with van der Waals surface area (Å²) in [5, 5.41) is 8.98. The molecule has 0 bridgehead atoms. The van der Waals surface area contributed by atoms with Gasteiger partial charge >= 0.3 is 0 Å². The maximum Gasteiger partial charge on any atom is 0.0713 e. The number of benzene rings is 2. The van der Waals surface area contributed by atoms with Gasteiger partial charge in [-0.2, -0.15) is 5.26 Å². The lowest BCUT2D eigenvalue weighted by molar-refractivity contribution is 0.116. The predicted molar refractivity (Wildman–Crippen MR) is 117 cm³/mol. The van der Waals surface area contributed by atoms with Crippen LogP contribution in [0.1, 0.15) is 51.2 Å². The molecule has 1 heterocycles. The van der Waals surface area contributed by atoms with Gasteiger partial charge in [0.05, 0.1) is 12.7 Å². The lowest BCUT2D eigenvalue weighted by Gasteiger charge is -2.38. The van der Waals surface area contributed by atoms with Crippen LogP contribution in [-0.2, 0) is 17.9 Å². The normalized spacial score (nSPS) is 16.0. The Labute approximate surface area is 170 Å². The molecule has 1 aliphatic rings. The minimum Gasteiger partial charge on any atom is -0.380 e. The van der Waals surface area contributed by atoms with E-state index in [1.165, 1.54) is 22.3 Å². The number of ether oxygens (including phenoxy) is 1. The summed E-state index contributed by atoms with van der Waals surface area (Å²) < 4.78 is 5.23. The topological polar surface area (TPSA) is 36.3 Å². The van der Waals surface area contributed by atoms with Gasteiger partial charge in [-0.1, -0.05) is 63.2 Å². The minimum atomic E-state index is 0.211. The molecule has 0 radical (unpaired) electrons. The minimum absolute atomic E-state index is 0.211. The number of hydrogen-bond donors (Lipinski definition) is 0. The number of nitriles is 1. The summed E-state index contributed by atoms with van der Waals surface area (Å²) >= 11 is 0. The van der Waals surface area contributed by atoms with Crippen molar-refractivity contribution in [3.63, 3.8) is 0 Å². The average Bonchev–Trinajstić information content (AvgIpc) is 2.73. The maximum atomic E-state index is 8.98. The van der Waals surface area contributed by atoms with Crippen molar-refractivity contribution < 1.29 is 4.74 Å². The van der Waals surface area contributed by atoms with E-state index in [2.05, 4.69) is 66.4 Å². The van der Waals surface area contributed by atoms with Crippen molar-refractivity contribution >= 4 is 0 Å². The lowest BCUT2D eigenvalue weighted by atomic mass is 9.78. The van der Waals surface area contributed by atoms with Crippen molar-refractivity contribution in [2.75, 3.05) is 20.2 Å². The summed E-state index contributed by atoms with van der Waals surface area (Å²) in [5.74, 6) is 0. The van der Waals surface area contributed by atoms with Crippen LogP contribution in [-0.4, -0.2) is 25.1 Å². The molecule has 0 amide bonds. The third-order valence-electron chi connectivity index (χ3n) is 5.50. The summed E-state index contributed by atoms with van der Waals surface area (Å²) in [5.41, 5.74) is 5.24. The molecule has 2 aromatic carbocycles. The van der Waals surface area contributed by atoms with Gasteiger partial charge in [-0.25, -0.2) is 0 Å². The highest BCUT2D eigenvalue weighted by Gasteiger charge is 2.29. The zero-order chi connectivity index (χ0) is 20.4. The third kappa shape index (κ3) is 6.19. The van der Waals surface area contributed by atoms with Crippen LogP contribution in [0.2, 0.25) is 0 Å². The molecule has 28 heavy (non-hydrogen) atoms. The maximum absolute atomic E-state index is 8.98. The van der Waals surface area contributed by atoms with Crippen LogP contribution < -0.4 is 0 Å². The first-order valence-corrected chi connectivity index (χ1v) is 10.4. The van der Waals surface area contributed by atoms with Gasteiger partial charge in [-0.3, -0.25) is 4.90 Å². The molecular formula is C25H34N2O. The molecule has 0 atom stereocenters. The Kier molecular flexibility index (Phi) is 8.70. The Morgan fingerprint density at radius 2 is 1.68 bits per heavy atom. The predicted octanol–water partition coefficient (Wildman–Crippen LogP) is 6.04. The molecule has 0 N–H and O–H groups in total. The number of rotatable bonds is 6. The van der Waals surface area contributed by atoms with E-state index < -0.39 is 0 Å². The van der Waals surface area contributed by atoms with Crippen molar-refractivity contribution in [2.45, 2.75) is 53.2 Å². The van der Waals surface area contributed by atoms with Crippen LogP contribution in [0.4, 0.5) is 0 Å². The molecule has 2 aromatic rings. The Balaban J connectivity index is 0.00000136. The van der Waals surface area contributed by atoms with Crippen LogP contribution in [0.3, 0.4) is 0 Å².